The molecule has 1 saturated carbocycles. The van der Waals surface area contributed by atoms with Crippen molar-refractivity contribution in [2.75, 3.05) is 7.05 Å². The number of thiazole rings is 1. The van der Waals surface area contributed by atoms with Crippen LogP contribution in [0, 0.1) is 0 Å². The summed E-state index contributed by atoms with van der Waals surface area (Å²) in [6.07, 6.45) is 2.40. The van der Waals surface area contributed by atoms with Gasteiger partial charge in [0, 0.05) is 23.9 Å². The summed E-state index contributed by atoms with van der Waals surface area (Å²) in [5.41, 5.74) is 3.40. The first-order chi connectivity index (χ1) is 11.7. The first kappa shape index (κ1) is 15.1. The van der Waals surface area contributed by atoms with Gasteiger partial charge in [0.15, 0.2) is 0 Å². The predicted molar refractivity (Wildman–Crippen MR) is 93.9 cm³/mol. The highest BCUT2D eigenvalue weighted by atomic mass is 32.1. The Kier molecular flexibility index (Phi) is 3.90. The number of aromatic amines is 1. The normalized spacial score (nSPS) is 13.9. The van der Waals surface area contributed by atoms with Gasteiger partial charge in [0.2, 0.25) is 0 Å². The first-order valence-corrected chi connectivity index (χ1v) is 8.89. The Hall–Kier alpha value is -2.47. The Morgan fingerprint density at radius 1 is 1.33 bits per heavy atom. The van der Waals surface area contributed by atoms with E-state index in [1.54, 1.807) is 23.3 Å². The van der Waals surface area contributed by atoms with E-state index in [0.717, 1.165) is 22.0 Å². The van der Waals surface area contributed by atoms with Crippen LogP contribution in [0.25, 0.3) is 11.3 Å². The van der Waals surface area contributed by atoms with Gasteiger partial charge in [-0.1, -0.05) is 30.3 Å². The highest BCUT2D eigenvalue weighted by Crippen LogP contribution is 2.41. The van der Waals surface area contributed by atoms with Gasteiger partial charge in [-0.2, -0.15) is 5.10 Å². The van der Waals surface area contributed by atoms with Gasteiger partial charge in [-0.05, 0) is 18.9 Å². The minimum Gasteiger partial charge on any atom is -0.334 e. The second-order valence-corrected chi connectivity index (χ2v) is 7.04. The summed E-state index contributed by atoms with van der Waals surface area (Å²) in [6, 6.07) is 12.0. The molecule has 4 rings (SSSR count). The van der Waals surface area contributed by atoms with Crippen LogP contribution in [0.4, 0.5) is 0 Å². The number of hydrogen-bond acceptors (Lipinski definition) is 4. The van der Waals surface area contributed by atoms with Crippen LogP contribution in [0.5, 0.6) is 0 Å². The molecule has 1 aliphatic rings. The third kappa shape index (κ3) is 3.10. The Labute approximate surface area is 144 Å². The molecule has 0 radical (unpaired) electrons. The molecule has 5 nitrogen and oxygen atoms in total. The third-order valence-electron chi connectivity index (χ3n) is 4.12. The minimum absolute atomic E-state index is 0.0472. The molecule has 6 heteroatoms. The standard InChI is InChI=1S/C18H18N4OS/c1-22(18(23)16-11-24-17(19-16)13-7-8-13)10-14-9-15(21-20-14)12-5-3-2-4-6-12/h2-6,9,11,13H,7-8,10H2,1H3,(H,20,21). The van der Waals surface area contributed by atoms with Crippen molar-refractivity contribution < 1.29 is 4.79 Å². The molecule has 122 valence electrons. The van der Waals surface area contributed by atoms with Crippen LogP contribution in [0.15, 0.2) is 41.8 Å². The molecule has 0 bridgehead atoms. The lowest BCUT2D eigenvalue weighted by atomic mass is 10.1. The monoisotopic (exact) mass is 338 g/mol. The largest absolute Gasteiger partial charge is 0.334 e. The van der Waals surface area contributed by atoms with Crippen molar-refractivity contribution in [1.82, 2.24) is 20.1 Å². The summed E-state index contributed by atoms with van der Waals surface area (Å²) in [5.74, 6) is 0.539. The fraction of sp³-hybridized carbons (Fsp3) is 0.278. The molecule has 0 saturated heterocycles. The van der Waals surface area contributed by atoms with Gasteiger partial charge in [-0.3, -0.25) is 9.89 Å². The van der Waals surface area contributed by atoms with Crippen molar-refractivity contribution >= 4 is 17.2 Å². The molecular weight excluding hydrogens is 320 g/mol. The molecule has 0 atom stereocenters. The maximum Gasteiger partial charge on any atom is 0.273 e. The van der Waals surface area contributed by atoms with Gasteiger partial charge in [-0.15, -0.1) is 11.3 Å². The molecule has 1 aromatic carbocycles. The number of H-pyrrole nitrogens is 1. The Morgan fingerprint density at radius 2 is 2.12 bits per heavy atom. The fourth-order valence-corrected chi connectivity index (χ4v) is 3.59. The molecule has 2 heterocycles. The van der Waals surface area contributed by atoms with Gasteiger partial charge in [-0.25, -0.2) is 4.98 Å². The van der Waals surface area contributed by atoms with E-state index in [9.17, 15) is 4.79 Å². The SMILES string of the molecule is CN(Cc1cc(-c2ccccc2)n[nH]1)C(=O)c1csc(C2CC2)n1. The van der Waals surface area contributed by atoms with E-state index < -0.39 is 0 Å². The quantitative estimate of drug-likeness (QED) is 0.772. The van der Waals surface area contributed by atoms with E-state index in [-0.39, 0.29) is 5.91 Å². The van der Waals surface area contributed by atoms with Crippen molar-refractivity contribution in [1.29, 1.82) is 0 Å². The fourth-order valence-electron chi connectivity index (χ4n) is 2.63. The van der Waals surface area contributed by atoms with E-state index in [1.807, 2.05) is 41.8 Å². The zero-order chi connectivity index (χ0) is 16.5. The summed E-state index contributed by atoms with van der Waals surface area (Å²) < 4.78 is 0. The van der Waals surface area contributed by atoms with Crippen molar-refractivity contribution in [3.8, 4) is 11.3 Å². The molecule has 3 aromatic rings. The Morgan fingerprint density at radius 3 is 2.88 bits per heavy atom. The highest BCUT2D eigenvalue weighted by molar-refractivity contribution is 7.10. The summed E-state index contributed by atoms with van der Waals surface area (Å²) >= 11 is 1.59. The number of nitrogens with zero attached hydrogens (tertiary/aromatic N) is 3. The lowest BCUT2D eigenvalue weighted by Gasteiger charge is -2.14. The average Bonchev–Trinajstić information content (AvgIpc) is 3.16. The maximum atomic E-state index is 12.5. The lowest BCUT2D eigenvalue weighted by molar-refractivity contribution is 0.0778. The van der Waals surface area contributed by atoms with Gasteiger partial charge < -0.3 is 4.90 Å². The van der Waals surface area contributed by atoms with Crippen LogP contribution in [-0.4, -0.2) is 33.0 Å². The van der Waals surface area contributed by atoms with Crippen LogP contribution in [0.1, 0.15) is 39.9 Å². The number of nitrogens with one attached hydrogen (secondary N) is 1. The van der Waals surface area contributed by atoms with Crippen molar-refractivity contribution in [3.63, 3.8) is 0 Å². The maximum absolute atomic E-state index is 12.5. The summed E-state index contributed by atoms with van der Waals surface area (Å²) in [7, 11) is 1.79. The smallest absolute Gasteiger partial charge is 0.273 e. The molecule has 0 unspecified atom stereocenters. The molecule has 1 amide bonds. The number of benzene rings is 1. The Bertz CT molecular complexity index is 851. The van der Waals surface area contributed by atoms with E-state index in [0.29, 0.717) is 18.2 Å². The zero-order valence-electron chi connectivity index (χ0n) is 13.4. The molecule has 2 aromatic heterocycles. The van der Waals surface area contributed by atoms with Gasteiger partial charge in [0.05, 0.1) is 22.9 Å². The van der Waals surface area contributed by atoms with Gasteiger partial charge in [0.25, 0.3) is 5.91 Å². The van der Waals surface area contributed by atoms with Crippen molar-refractivity contribution in [2.45, 2.75) is 25.3 Å². The average molecular weight is 338 g/mol. The first-order valence-electron chi connectivity index (χ1n) is 8.01. The lowest BCUT2D eigenvalue weighted by Crippen LogP contribution is -2.26. The number of amides is 1. The molecule has 0 aliphatic heterocycles. The van der Waals surface area contributed by atoms with Gasteiger partial charge in [0.1, 0.15) is 5.69 Å². The third-order valence-corrected chi connectivity index (χ3v) is 5.13. The molecule has 1 fully saturated rings. The number of aromatic nitrogens is 3. The summed E-state index contributed by atoms with van der Waals surface area (Å²) in [4.78, 5) is 18.7. The molecule has 24 heavy (non-hydrogen) atoms. The van der Waals surface area contributed by atoms with Crippen LogP contribution in [0.3, 0.4) is 0 Å². The van der Waals surface area contributed by atoms with E-state index >= 15 is 0 Å². The minimum atomic E-state index is -0.0472. The Balaban J connectivity index is 1.44. The predicted octanol–water partition coefficient (Wildman–Crippen LogP) is 3.68. The topological polar surface area (TPSA) is 61.9 Å². The van der Waals surface area contributed by atoms with Crippen molar-refractivity contribution in [2.24, 2.45) is 0 Å². The molecule has 1 N–H and O–H groups in total. The van der Waals surface area contributed by atoms with Crippen LogP contribution >= 0.6 is 11.3 Å². The summed E-state index contributed by atoms with van der Waals surface area (Å²) in [6.45, 7) is 0.481. The number of carbonyl (C=O) groups excluding carboxylic acids is 1. The number of hydrogen-bond donors (Lipinski definition) is 1. The molecular formula is C18H18N4OS. The van der Waals surface area contributed by atoms with E-state index in [1.165, 1.54) is 12.8 Å². The van der Waals surface area contributed by atoms with Crippen LogP contribution in [-0.2, 0) is 6.54 Å². The van der Waals surface area contributed by atoms with Crippen molar-refractivity contribution in [3.05, 3.63) is 58.2 Å². The van der Waals surface area contributed by atoms with Crippen LogP contribution < -0.4 is 0 Å². The highest BCUT2D eigenvalue weighted by Gasteiger charge is 2.28. The summed E-state index contributed by atoms with van der Waals surface area (Å²) in [5, 5.41) is 10.3. The molecule has 1 aliphatic carbocycles. The van der Waals surface area contributed by atoms with Crippen LogP contribution in [0.2, 0.25) is 0 Å². The van der Waals surface area contributed by atoms with Gasteiger partial charge >= 0.3 is 0 Å². The van der Waals surface area contributed by atoms with E-state index in [4.69, 9.17) is 0 Å². The second kappa shape index (κ2) is 6.20. The zero-order valence-corrected chi connectivity index (χ0v) is 14.2. The number of rotatable bonds is 5. The molecule has 0 spiro atoms. The second-order valence-electron chi connectivity index (χ2n) is 6.15. The van der Waals surface area contributed by atoms with E-state index in [2.05, 4.69) is 15.2 Å². The number of carbonyl (C=O) groups is 1.